The van der Waals surface area contributed by atoms with Gasteiger partial charge in [0.05, 0.1) is 10.9 Å². The zero-order valence-electron chi connectivity index (χ0n) is 22.2. The number of phenolic OH excluding ortho intramolecular Hbond substituents is 1. The van der Waals surface area contributed by atoms with Gasteiger partial charge in [0.2, 0.25) is 0 Å². The van der Waals surface area contributed by atoms with E-state index in [1.54, 1.807) is 12.1 Å². The highest BCUT2D eigenvalue weighted by molar-refractivity contribution is 6.32. The predicted molar refractivity (Wildman–Crippen MR) is 174 cm³/mol. The fourth-order valence-electron chi connectivity index (χ4n) is 5.74. The molecular weight excluding hydrogens is 586 g/mol. The number of rotatable bonds is 1. The highest BCUT2D eigenvalue weighted by Crippen LogP contribution is 2.42. The van der Waals surface area contributed by atoms with E-state index >= 15 is 0 Å². The van der Waals surface area contributed by atoms with E-state index in [-0.39, 0.29) is 12.7 Å². The highest BCUT2D eigenvalue weighted by Gasteiger charge is 2.19. The summed E-state index contributed by atoms with van der Waals surface area (Å²) in [7, 11) is 0. The van der Waals surface area contributed by atoms with Crippen LogP contribution in [0.2, 0.25) is 10.0 Å². The van der Waals surface area contributed by atoms with Crippen molar-refractivity contribution in [3.63, 3.8) is 0 Å². The summed E-state index contributed by atoms with van der Waals surface area (Å²) in [6.07, 6.45) is 0. The monoisotopic (exact) mass is 607 g/mol. The first-order valence-electron chi connectivity index (χ1n) is 13.5. The number of phenols is 1. The molecule has 3 aromatic heterocycles. The second kappa shape index (κ2) is 9.80. The Morgan fingerprint density at radius 1 is 0.535 bits per heavy atom. The lowest BCUT2D eigenvalue weighted by Crippen LogP contribution is -1.86. The summed E-state index contributed by atoms with van der Waals surface area (Å²) in [5.74, 6) is -0.514. The first-order valence-corrected chi connectivity index (χ1v) is 14.2. The molecule has 0 atom stereocenters. The minimum absolute atomic E-state index is 0. The molecule has 9 rings (SSSR count). The molecule has 0 saturated carbocycles. The van der Waals surface area contributed by atoms with Crippen molar-refractivity contribution in [3.05, 3.63) is 125 Å². The Hall–Kier alpha value is -4.97. The molecular formula is C36H21Cl2FO4. The van der Waals surface area contributed by atoms with Crippen LogP contribution in [0.15, 0.2) is 122 Å². The zero-order chi connectivity index (χ0) is 29.2. The summed E-state index contributed by atoms with van der Waals surface area (Å²) in [5, 5.41) is 17.1. The molecule has 9 aromatic rings. The second-order valence-electron chi connectivity index (χ2n) is 10.2. The highest BCUT2D eigenvalue weighted by atomic mass is 35.5. The van der Waals surface area contributed by atoms with Crippen LogP contribution in [0.4, 0.5) is 4.39 Å². The van der Waals surface area contributed by atoms with Crippen molar-refractivity contribution < 1.29 is 24.2 Å². The zero-order valence-corrected chi connectivity index (χ0v) is 23.7. The maximum Gasteiger partial charge on any atom is 0.147 e. The van der Waals surface area contributed by atoms with Gasteiger partial charge in [0, 0.05) is 44.0 Å². The van der Waals surface area contributed by atoms with Gasteiger partial charge in [-0.1, -0.05) is 59.6 Å². The minimum atomic E-state index is -0.468. The van der Waals surface area contributed by atoms with Gasteiger partial charge in [0.15, 0.2) is 0 Å². The average molecular weight is 608 g/mol. The van der Waals surface area contributed by atoms with Crippen LogP contribution in [-0.4, -0.2) is 5.11 Å². The minimum Gasteiger partial charge on any atom is -0.507 e. The van der Waals surface area contributed by atoms with Crippen LogP contribution < -0.4 is 0 Å². The maximum atomic E-state index is 14.4. The summed E-state index contributed by atoms with van der Waals surface area (Å²) < 4.78 is 32.2. The van der Waals surface area contributed by atoms with Gasteiger partial charge in [-0.05, 0) is 72.8 Å². The number of hydrogen-bond acceptors (Lipinski definition) is 4. The van der Waals surface area contributed by atoms with Crippen molar-refractivity contribution in [2.45, 2.75) is 0 Å². The summed E-state index contributed by atoms with van der Waals surface area (Å²) in [6.45, 7) is 0. The van der Waals surface area contributed by atoms with E-state index in [4.69, 9.17) is 36.5 Å². The van der Waals surface area contributed by atoms with E-state index < -0.39 is 5.82 Å². The molecule has 43 heavy (non-hydrogen) atoms. The van der Waals surface area contributed by atoms with Gasteiger partial charge in [0.25, 0.3) is 0 Å². The van der Waals surface area contributed by atoms with Crippen LogP contribution in [0.1, 0.15) is 1.43 Å². The molecule has 4 nitrogen and oxygen atoms in total. The Balaban J connectivity index is 0.000000139. The molecule has 0 aliphatic carbocycles. The van der Waals surface area contributed by atoms with Crippen molar-refractivity contribution in [2.24, 2.45) is 0 Å². The number of fused-ring (bicyclic) bond motifs is 10. The topological polar surface area (TPSA) is 59.7 Å². The van der Waals surface area contributed by atoms with Gasteiger partial charge in [-0.3, -0.25) is 0 Å². The number of hydrogen-bond donors (Lipinski definition) is 1. The van der Waals surface area contributed by atoms with Crippen molar-refractivity contribution in [2.75, 3.05) is 0 Å². The molecule has 6 aromatic carbocycles. The number of aromatic hydroxyl groups is 1. The van der Waals surface area contributed by atoms with Gasteiger partial charge in [-0.25, -0.2) is 4.39 Å². The number of furan rings is 3. The van der Waals surface area contributed by atoms with Gasteiger partial charge in [-0.2, -0.15) is 0 Å². The van der Waals surface area contributed by atoms with E-state index in [1.807, 2.05) is 72.8 Å². The summed E-state index contributed by atoms with van der Waals surface area (Å²) in [5.41, 5.74) is 4.99. The molecule has 0 unspecified atom stereocenters. The van der Waals surface area contributed by atoms with Crippen molar-refractivity contribution in [3.8, 4) is 16.9 Å². The first kappa shape index (κ1) is 25.7. The lowest BCUT2D eigenvalue weighted by atomic mass is 10.0. The third kappa shape index (κ3) is 4.12. The van der Waals surface area contributed by atoms with Crippen molar-refractivity contribution in [1.29, 1.82) is 0 Å². The van der Waals surface area contributed by atoms with E-state index in [0.717, 1.165) is 54.6 Å². The molecule has 0 amide bonds. The van der Waals surface area contributed by atoms with Gasteiger partial charge < -0.3 is 18.4 Å². The summed E-state index contributed by atoms with van der Waals surface area (Å²) >= 11 is 12.1. The second-order valence-corrected chi connectivity index (χ2v) is 11.1. The summed E-state index contributed by atoms with van der Waals surface area (Å²) in [6, 6.07) is 32.8. The molecule has 0 aliphatic heterocycles. The maximum absolute atomic E-state index is 14.4. The fraction of sp³-hybridized carbons (Fsp3) is 0. The van der Waals surface area contributed by atoms with Gasteiger partial charge in [-0.15, -0.1) is 0 Å². The molecule has 0 fully saturated rings. The Morgan fingerprint density at radius 3 is 1.88 bits per heavy atom. The lowest BCUT2D eigenvalue weighted by Gasteiger charge is -2.07. The fourth-order valence-corrected chi connectivity index (χ4v) is 6.08. The molecule has 1 N–H and O–H groups in total. The standard InChI is InChI=1S/C18H10ClFO2.C18H9ClO2.H2/c19-10-5-8-15(21)13(9-10)17-14(20)7-6-12-11-3-1-2-4-16(11)22-18(12)17;19-10-5-7-15-13(9-10)17-16(20-15)8-6-12-11-3-1-2-4-14(11)21-18(12)17;/h1-9,21H;1-9H;1H/i;;1+1. The molecule has 3 heterocycles. The molecule has 0 radical (unpaired) electrons. The van der Waals surface area contributed by atoms with Crippen LogP contribution in [0.25, 0.3) is 76.9 Å². The SMILES string of the molecule is Clc1ccc2oc3ccc4c5ccccc5oc4c3c2c1.Oc1ccc(Cl)cc1-c1c(F)ccc2c1oc1ccccc12.[2HH]. The first-order chi connectivity index (χ1) is 21.0. The van der Waals surface area contributed by atoms with E-state index in [0.29, 0.717) is 26.8 Å². The smallest absolute Gasteiger partial charge is 0.147 e. The van der Waals surface area contributed by atoms with Crippen LogP contribution in [0, 0.1) is 5.82 Å². The molecule has 0 aliphatic rings. The van der Waals surface area contributed by atoms with Crippen molar-refractivity contribution in [1.82, 2.24) is 0 Å². The van der Waals surface area contributed by atoms with Crippen LogP contribution in [-0.2, 0) is 0 Å². The summed E-state index contributed by atoms with van der Waals surface area (Å²) in [4.78, 5) is 0. The Bertz CT molecular complexity index is 2530. The lowest BCUT2D eigenvalue weighted by molar-refractivity contribution is 0.476. The quantitative estimate of drug-likeness (QED) is 0.201. The molecule has 0 saturated heterocycles. The van der Waals surface area contributed by atoms with Crippen LogP contribution in [0.5, 0.6) is 5.75 Å². The third-order valence-electron chi connectivity index (χ3n) is 7.66. The molecule has 0 spiro atoms. The largest absolute Gasteiger partial charge is 0.507 e. The van der Waals surface area contributed by atoms with Gasteiger partial charge >= 0.3 is 0 Å². The van der Waals surface area contributed by atoms with E-state index in [2.05, 4.69) is 6.07 Å². The normalized spacial score (nSPS) is 11.7. The van der Waals surface area contributed by atoms with Gasteiger partial charge in [0.1, 0.15) is 45.1 Å². The Labute approximate surface area is 254 Å². The Kier molecular flexibility index (Phi) is 5.86. The predicted octanol–water partition coefficient (Wildman–Crippen LogP) is 12.1. The van der Waals surface area contributed by atoms with E-state index in [1.165, 1.54) is 18.2 Å². The molecule has 7 heteroatoms. The number of halogens is 3. The molecule has 210 valence electrons. The molecule has 0 bridgehead atoms. The average Bonchev–Trinajstić information content (AvgIpc) is 3.69. The third-order valence-corrected chi connectivity index (χ3v) is 8.13. The number of para-hydroxylation sites is 2. The van der Waals surface area contributed by atoms with Crippen LogP contribution >= 0.6 is 23.2 Å². The van der Waals surface area contributed by atoms with Crippen molar-refractivity contribution >= 4 is 89.0 Å². The Morgan fingerprint density at radius 2 is 1.12 bits per heavy atom. The van der Waals surface area contributed by atoms with E-state index in [9.17, 15) is 9.50 Å². The number of benzene rings is 6. The van der Waals surface area contributed by atoms with Crippen LogP contribution in [0.3, 0.4) is 0 Å².